The molecule has 3 aromatic rings. The lowest BCUT2D eigenvalue weighted by Gasteiger charge is -2.26. The number of alkyl halides is 3. The van der Waals surface area contributed by atoms with E-state index in [0.29, 0.717) is 29.4 Å². The molecule has 0 aliphatic carbocycles. The van der Waals surface area contributed by atoms with Gasteiger partial charge >= 0.3 is 6.18 Å². The minimum Gasteiger partial charge on any atom is -0.494 e. The molecule has 0 spiro atoms. The highest BCUT2D eigenvalue weighted by molar-refractivity contribution is 7.98. The maximum atomic E-state index is 13.3. The third kappa shape index (κ3) is 10.8. The van der Waals surface area contributed by atoms with Crippen LogP contribution in [-0.2, 0) is 11.9 Å². The van der Waals surface area contributed by atoms with Crippen LogP contribution in [0, 0.1) is 0 Å². The number of hydrogen-bond acceptors (Lipinski definition) is 7. The SMILES string of the molecule is O=C(Nc1ccc(OCCCN2CCCCC2)cc1C(=O)N/N=C\c1ccc(Cl)c(C(F)(F)F)c1)c1cccc(CSCCO)c1. The molecule has 246 valence electrons. The number of amides is 2. The van der Waals surface area contributed by atoms with Gasteiger partial charge in [-0.25, -0.2) is 5.43 Å². The average Bonchev–Trinajstić information content (AvgIpc) is 3.04. The molecule has 3 N–H and O–H groups in total. The van der Waals surface area contributed by atoms with E-state index in [9.17, 15) is 22.8 Å². The number of hydrazone groups is 1. The van der Waals surface area contributed by atoms with Crippen molar-refractivity contribution < 1.29 is 32.6 Å². The zero-order chi connectivity index (χ0) is 32.9. The van der Waals surface area contributed by atoms with E-state index in [1.54, 1.807) is 30.3 Å². The van der Waals surface area contributed by atoms with Crippen LogP contribution >= 0.6 is 23.4 Å². The van der Waals surface area contributed by atoms with Crippen LogP contribution in [0.1, 0.15) is 63.1 Å². The number of piperidine rings is 1. The Morgan fingerprint density at radius 2 is 1.85 bits per heavy atom. The van der Waals surface area contributed by atoms with Crippen LogP contribution in [0.5, 0.6) is 5.75 Å². The quantitative estimate of drug-likeness (QED) is 0.0980. The van der Waals surface area contributed by atoms with Gasteiger partial charge in [0.25, 0.3) is 11.8 Å². The monoisotopic (exact) mass is 676 g/mol. The van der Waals surface area contributed by atoms with Gasteiger partial charge in [0, 0.05) is 23.6 Å². The normalized spacial score (nSPS) is 13.9. The molecule has 0 atom stereocenters. The number of anilines is 1. The van der Waals surface area contributed by atoms with Gasteiger partial charge in [0.05, 0.1) is 41.3 Å². The summed E-state index contributed by atoms with van der Waals surface area (Å²) >= 11 is 7.23. The molecule has 0 aromatic heterocycles. The van der Waals surface area contributed by atoms with Crippen molar-refractivity contribution >= 4 is 47.1 Å². The van der Waals surface area contributed by atoms with Crippen LogP contribution in [-0.4, -0.2) is 66.6 Å². The summed E-state index contributed by atoms with van der Waals surface area (Å²) in [5, 5.41) is 15.2. The van der Waals surface area contributed by atoms with E-state index in [-0.39, 0.29) is 23.4 Å². The lowest BCUT2D eigenvalue weighted by Crippen LogP contribution is -2.31. The first-order valence-electron chi connectivity index (χ1n) is 14.9. The first-order chi connectivity index (χ1) is 22.1. The van der Waals surface area contributed by atoms with E-state index in [0.717, 1.165) is 50.0 Å². The van der Waals surface area contributed by atoms with E-state index in [4.69, 9.17) is 21.4 Å². The van der Waals surface area contributed by atoms with Crippen molar-refractivity contribution in [2.45, 2.75) is 37.6 Å². The fraction of sp³-hybridized carbons (Fsp3) is 0.364. The number of carbonyl (C=O) groups excluding carboxylic acids is 2. The van der Waals surface area contributed by atoms with Gasteiger partial charge in [-0.1, -0.05) is 36.2 Å². The molecule has 46 heavy (non-hydrogen) atoms. The minimum atomic E-state index is -4.65. The standard InChI is InChI=1S/C33H36ClF3N4O4S/c34-29-10-8-23(19-28(29)33(35,36)37)21-38-40-32(44)27-20-26(45-16-5-14-41-12-2-1-3-13-41)9-11-30(27)39-31(43)25-7-4-6-24(18-25)22-46-17-15-42/h4,6-11,18-21,42H,1-3,5,12-17,22H2,(H,39,43)(H,40,44)/b38-21-. The second kappa shape index (κ2) is 17.4. The van der Waals surface area contributed by atoms with Crippen molar-refractivity contribution in [2.24, 2.45) is 5.10 Å². The van der Waals surface area contributed by atoms with Gasteiger partial charge in [0.15, 0.2) is 0 Å². The van der Waals surface area contributed by atoms with Gasteiger partial charge in [-0.05, 0) is 85.9 Å². The van der Waals surface area contributed by atoms with Crippen molar-refractivity contribution in [3.05, 3.63) is 93.5 Å². The molecule has 8 nitrogen and oxygen atoms in total. The Morgan fingerprint density at radius 1 is 1.04 bits per heavy atom. The Morgan fingerprint density at radius 3 is 2.61 bits per heavy atom. The highest BCUT2D eigenvalue weighted by Crippen LogP contribution is 2.35. The van der Waals surface area contributed by atoms with Crippen LogP contribution in [0.25, 0.3) is 0 Å². The number of ether oxygens (including phenoxy) is 1. The van der Waals surface area contributed by atoms with Gasteiger partial charge in [-0.3, -0.25) is 9.59 Å². The van der Waals surface area contributed by atoms with Crippen molar-refractivity contribution in [1.29, 1.82) is 0 Å². The molecule has 1 aliphatic heterocycles. The number of likely N-dealkylation sites (tertiary alicyclic amines) is 1. The second-order valence-corrected chi connectivity index (χ2v) is 12.2. The van der Waals surface area contributed by atoms with Crippen molar-refractivity contribution in [3.63, 3.8) is 0 Å². The summed E-state index contributed by atoms with van der Waals surface area (Å²) in [6.45, 7) is 3.57. The summed E-state index contributed by atoms with van der Waals surface area (Å²) < 4.78 is 45.7. The molecule has 1 fully saturated rings. The summed E-state index contributed by atoms with van der Waals surface area (Å²) in [6, 6.07) is 15.0. The second-order valence-electron chi connectivity index (χ2n) is 10.7. The summed E-state index contributed by atoms with van der Waals surface area (Å²) in [5.74, 6) is 0.467. The Hall–Kier alpha value is -3.58. The molecule has 0 unspecified atom stereocenters. The van der Waals surface area contributed by atoms with Crippen LogP contribution in [0.15, 0.2) is 65.8 Å². The lowest BCUT2D eigenvalue weighted by atomic mass is 10.1. The number of thioether (sulfide) groups is 1. The summed E-state index contributed by atoms with van der Waals surface area (Å²) in [7, 11) is 0. The number of nitrogens with zero attached hydrogens (tertiary/aromatic N) is 2. The van der Waals surface area contributed by atoms with E-state index >= 15 is 0 Å². The molecule has 4 rings (SSSR count). The molecule has 0 radical (unpaired) electrons. The van der Waals surface area contributed by atoms with Crippen molar-refractivity contribution in [2.75, 3.05) is 43.9 Å². The highest BCUT2D eigenvalue weighted by Gasteiger charge is 2.33. The molecule has 2 amide bonds. The van der Waals surface area contributed by atoms with Gasteiger partial charge in [0.1, 0.15) is 5.75 Å². The molecular weight excluding hydrogens is 641 g/mol. The molecule has 1 heterocycles. The third-order valence-corrected chi connectivity index (χ3v) is 8.53. The largest absolute Gasteiger partial charge is 0.494 e. The zero-order valence-corrected chi connectivity index (χ0v) is 26.7. The molecule has 0 saturated carbocycles. The fourth-order valence-electron chi connectivity index (χ4n) is 4.89. The Balaban J connectivity index is 1.48. The summed E-state index contributed by atoms with van der Waals surface area (Å²) in [5.41, 5.74) is 2.93. The Labute approximate surface area is 275 Å². The fourth-order valence-corrected chi connectivity index (χ4v) is 5.80. The Kier molecular flexibility index (Phi) is 13.3. The number of aliphatic hydroxyl groups excluding tert-OH is 1. The number of aliphatic hydroxyl groups is 1. The Bertz CT molecular complexity index is 1520. The number of nitrogens with one attached hydrogen (secondary N) is 2. The predicted molar refractivity (Wildman–Crippen MR) is 176 cm³/mol. The van der Waals surface area contributed by atoms with E-state index in [1.807, 2.05) is 6.07 Å². The first-order valence-corrected chi connectivity index (χ1v) is 16.5. The maximum absolute atomic E-state index is 13.3. The van der Waals surface area contributed by atoms with E-state index in [2.05, 4.69) is 20.7 Å². The van der Waals surface area contributed by atoms with Gasteiger partial charge in [0.2, 0.25) is 0 Å². The third-order valence-electron chi connectivity index (χ3n) is 7.19. The molecule has 1 saturated heterocycles. The smallest absolute Gasteiger partial charge is 0.417 e. The number of halogens is 4. The van der Waals surface area contributed by atoms with Crippen molar-refractivity contribution in [3.8, 4) is 5.75 Å². The first kappa shape index (κ1) is 35.3. The number of rotatable bonds is 14. The lowest BCUT2D eigenvalue weighted by molar-refractivity contribution is -0.137. The van der Waals surface area contributed by atoms with Gasteiger partial charge in [-0.15, -0.1) is 0 Å². The van der Waals surface area contributed by atoms with Crippen LogP contribution in [0.3, 0.4) is 0 Å². The number of carbonyl (C=O) groups is 2. The van der Waals surface area contributed by atoms with Crippen LogP contribution in [0.4, 0.5) is 18.9 Å². The van der Waals surface area contributed by atoms with Crippen LogP contribution < -0.4 is 15.5 Å². The van der Waals surface area contributed by atoms with Gasteiger partial charge in [-0.2, -0.15) is 30.0 Å². The maximum Gasteiger partial charge on any atom is 0.417 e. The number of hydrogen-bond donors (Lipinski definition) is 3. The van der Waals surface area contributed by atoms with Crippen molar-refractivity contribution in [1.82, 2.24) is 10.3 Å². The molecule has 3 aromatic carbocycles. The summed E-state index contributed by atoms with van der Waals surface area (Å²) in [4.78, 5) is 28.9. The number of benzene rings is 3. The van der Waals surface area contributed by atoms with Gasteiger partial charge < -0.3 is 20.1 Å². The molecule has 1 aliphatic rings. The van der Waals surface area contributed by atoms with E-state index in [1.165, 1.54) is 43.2 Å². The minimum absolute atomic E-state index is 0.0563. The molecule has 13 heteroatoms. The van der Waals surface area contributed by atoms with Crippen LogP contribution in [0.2, 0.25) is 5.02 Å². The average molecular weight is 677 g/mol. The summed E-state index contributed by atoms with van der Waals surface area (Å²) in [6.07, 6.45) is 0.881. The zero-order valence-electron chi connectivity index (χ0n) is 25.1. The molecular formula is C33H36ClF3N4O4S. The van der Waals surface area contributed by atoms with E-state index < -0.39 is 28.6 Å². The highest BCUT2D eigenvalue weighted by atomic mass is 35.5. The predicted octanol–water partition coefficient (Wildman–Crippen LogP) is 6.86. The topological polar surface area (TPSA) is 103 Å². The molecule has 0 bridgehead atoms.